The molecule has 5 nitrogen and oxygen atoms in total. The number of benzene rings is 2. The normalized spacial score (nSPS) is 11.3. The SMILES string of the molecule is CC(=O)N/C(=C\c1ccccc1)C(=O)OCc1nc2ccccc2s1. The minimum atomic E-state index is -0.599. The van der Waals surface area contributed by atoms with Gasteiger partial charge in [-0.05, 0) is 23.8 Å². The second kappa shape index (κ2) is 7.72. The molecule has 3 aromatic rings. The van der Waals surface area contributed by atoms with Crippen LogP contribution in [-0.4, -0.2) is 16.9 Å². The van der Waals surface area contributed by atoms with Gasteiger partial charge in [0.1, 0.15) is 17.3 Å². The summed E-state index contributed by atoms with van der Waals surface area (Å²) in [6, 6.07) is 17.0. The molecular formula is C19H16N2O3S. The van der Waals surface area contributed by atoms with Crippen molar-refractivity contribution in [3.8, 4) is 0 Å². The van der Waals surface area contributed by atoms with Crippen molar-refractivity contribution in [2.45, 2.75) is 13.5 Å². The van der Waals surface area contributed by atoms with Gasteiger partial charge in [-0.25, -0.2) is 9.78 Å². The summed E-state index contributed by atoms with van der Waals surface area (Å²) in [6.07, 6.45) is 1.59. The first-order valence-electron chi connectivity index (χ1n) is 7.68. The third-order valence-electron chi connectivity index (χ3n) is 3.31. The molecule has 25 heavy (non-hydrogen) atoms. The Labute approximate surface area is 149 Å². The number of ether oxygens (including phenoxy) is 1. The molecule has 1 N–H and O–H groups in total. The van der Waals surface area contributed by atoms with Gasteiger partial charge in [0.2, 0.25) is 5.91 Å². The van der Waals surface area contributed by atoms with Crippen LogP contribution in [-0.2, 0) is 20.9 Å². The Morgan fingerprint density at radius 2 is 1.84 bits per heavy atom. The lowest BCUT2D eigenvalue weighted by atomic mass is 10.2. The molecule has 0 saturated carbocycles. The number of aromatic nitrogens is 1. The minimum Gasteiger partial charge on any atom is -0.454 e. The third-order valence-corrected chi connectivity index (χ3v) is 4.32. The van der Waals surface area contributed by atoms with E-state index in [0.29, 0.717) is 5.01 Å². The highest BCUT2D eigenvalue weighted by atomic mass is 32.1. The number of hydrogen-bond donors (Lipinski definition) is 1. The molecule has 0 aliphatic heterocycles. The summed E-state index contributed by atoms with van der Waals surface area (Å²) < 4.78 is 6.36. The van der Waals surface area contributed by atoms with Crippen molar-refractivity contribution >= 4 is 39.5 Å². The van der Waals surface area contributed by atoms with Crippen LogP contribution in [0, 0.1) is 0 Å². The number of amides is 1. The van der Waals surface area contributed by atoms with Crippen LogP contribution in [0.5, 0.6) is 0 Å². The fraction of sp³-hybridized carbons (Fsp3) is 0.105. The first kappa shape index (κ1) is 16.9. The zero-order chi connectivity index (χ0) is 17.6. The smallest absolute Gasteiger partial charge is 0.355 e. The van der Waals surface area contributed by atoms with Crippen LogP contribution < -0.4 is 5.32 Å². The highest BCUT2D eigenvalue weighted by molar-refractivity contribution is 7.18. The van der Waals surface area contributed by atoms with Gasteiger partial charge in [0.15, 0.2) is 0 Å². The van der Waals surface area contributed by atoms with Gasteiger partial charge in [0.25, 0.3) is 0 Å². The topological polar surface area (TPSA) is 68.3 Å². The number of esters is 1. The number of para-hydroxylation sites is 1. The minimum absolute atomic E-state index is 0.0594. The summed E-state index contributed by atoms with van der Waals surface area (Å²) in [5.74, 6) is -0.933. The van der Waals surface area contributed by atoms with E-state index in [-0.39, 0.29) is 18.2 Å². The molecule has 0 aliphatic rings. The van der Waals surface area contributed by atoms with Gasteiger partial charge in [0.05, 0.1) is 10.2 Å². The molecule has 0 bridgehead atoms. The number of rotatable bonds is 5. The zero-order valence-electron chi connectivity index (χ0n) is 13.6. The molecule has 1 aromatic heterocycles. The molecule has 1 amide bonds. The zero-order valence-corrected chi connectivity index (χ0v) is 14.4. The third kappa shape index (κ3) is 4.51. The summed E-state index contributed by atoms with van der Waals surface area (Å²) in [5.41, 5.74) is 1.77. The van der Waals surface area contributed by atoms with Crippen molar-refractivity contribution in [1.82, 2.24) is 10.3 Å². The molecule has 0 spiro atoms. The molecule has 0 atom stereocenters. The maximum Gasteiger partial charge on any atom is 0.355 e. The van der Waals surface area contributed by atoms with Crippen LogP contribution in [0.2, 0.25) is 0 Å². The van der Waals surface area contributed by atoms with E-state index in [4.69, 9.17) is 4.74 Å². The molecule has 0 fully saturated rings. The van der Waals surface area contributed by atoms with Crippen molar-refractivity contribution in [2.24, 2.45) is 0 Å². The molecule has 6 heteroatoms. The summed E-state index contributed by atoms with van der Waals surface area (Å²) in [5, 5.41) is 3.23. The van der Waals surface area contributed by atoms with E-state index in [9.17, 15) is 9.59 Å². The second-order valence-electron chi connectivity index (χ2n) is 5.30. The fourth-order valence-corrected chi connectivity index (χ4v) is 3.12. The van der Waals surface area contributed by atoms with E-state index in [1.165, 1.54) is 18.3 Å². The van der Waals surface area contributed by atoms with E-state index >= 15 is 0 Å². The molecular weight excluding hydrogens is 336 g/mol. The molecule has 1 heterocycles. The van der Waals surface area contributed by atoms with Gasteiger partial charge in [-0.3, -0.25) is 4.79 Å². The number of nitrogens with one attached hydrogen (secondary N) is 1. The average Bonchev–Trinajstić information content (AvgIpc) is 3.02. The van der Waals surface area contributed by atoms with Gasteiger partial charge in [0, 0.05) is 6.92 Å². The number of carbonyl (C=O) groups excluding carboxylic acids is 2. The van der Waals surface area contributed by atoms with E-state index in [1.807, 2.05) is 54.6 Å². The lowest BCUT2D eigenvalue weighted by Gasteiger charge is -2.08. The van der Waals surface area contributed by atoms with Gasteiger partial charge in [-0.15, -0.1) is 11.3 Å². The standard InChI is InChI=1S/C19H16N2O3S/c1-13(22)20-16(11-14-7-3-2-4-8-14)19(23)24-12-18-21-15-9-5-6-10-17(15)25-18/h2-11H,12H2,1H3,(H,20,22)/b16-11-. The Bertz CT molecular complexity index is 899. The monoisotopic (exact) mass is 352 g/mol. The van der Waals surface area contributed by atoms with Crippen molar-refractivity contribution in [2.75, 3.05) is 0 Å². The fourth-order valence-electron chi connectivity index (χ4n) is 2.24. The number of hydrogen-bond acceptors (Lipinski definition) is 5. The predicted molar refractivity (Wildman–Crippen MR) is 97.7 cm³/mol. The summed E-state index contributed by atoms with van der Waals surface area (Å²) in [4.78, 5) is 28.1. The second-order valence-corrected chi connectivity index (χ2v) is 6.42. The largest absolute Gasteiger partial charge is 0.454 e. The predicted octanol–water partition coefficient (Wildman–Crippen LogP) is 3.52. The van der Waals surface area contributed by atoms with E-state index in [0.717, 1.165) is 15.8 Å². The first-order chi connectivity index (χ1) is 12.1. The highest BCUT2D eigenvalue weighted by Crippen LogP contribution is 2.22. The Morgan fingerprint density at radius 3 is 2.56 bits per heavy atom. The number of fused-ring (bicyclic) bond motifs is 1. The summed E-state index contributed by atoms with van der Waals surface area (Å²) in [7, 11) is 0. The van der Waals surface area contributed by atoms with E-state index < -0.39 is 5.97 Å². The lowest BCUT2D eigenvalue weighted by Crippen LogP contribution is -2.26. The quantitative estimate of drug-likeness (QED) is 0.563. The number of carbonyl (C=O) groups is 2. The first-order valence-corrected chi connectivity index (χ1v) is 8.49. The summed E-state index contributed by atoms with van der Waals surface area (Å²) in [6.45, 7) is 1.41. The Morgan fingerprint density at radius 1 is 1.12 bits per heavy atom. The Kier molecular flexibility index (Phi) is 5.20. The lowest BCUT2D eigenvalue weighted by molar-refractivity contribution is -0.141. The van der Waals surface area contributed by atoms with Gasteiger partial charge >= 0.3 is 5.97 Å². The Hall–Kier alpha value is -2.99. The maximum absolute atomic E-state index is 12.3. The molecule has 2 aromatic carbocycles. The molecule has 0 radical (unpaired) electrons. The van der Waals surface area contributed by atoms with Crippen molar-refractivity contribution in [1.29, 1.82) is 0 Å². The molecule has 3 rings (SSSR count). The van der Waals surface area contributed by atoms with Crippen LogP contribution in [0.15, 0.2) is 60.3 Å². The number of thiazole rings is 1. The van der Waals surface area contributed by atoms with Gasteiger partial charge < -0.3 is 10.1 Å². The van der Waals surface area contributed by atoms with Crippen LogP contribution >= 0.6 is 11.3 Å². The molecule has 0 unspecified atom stereocenters. The van der Waals surface area contributed by atoms with Crippen LogP contribution in [0.25, 0.3) is 16.3 Å². The van der Waals surface area contributed by atoms with Crippen molar-refractivity contribution in [3.63, 3.8) is 0 Å². The van der Waals surface area contributed by atoms with Gasteiger partial charge in [-0.2, -0.15) is 0 Å². The van der Waals surface area contributed by atoms with Gasteiger partial charge in [-0.1, -0.05) is 42.5 Å². The van der Waals surface area contributed by atoms with Crippen molar-refractivity contribution < 1.29 is 14.3 Å². The molecule has 0 aliphatic carbocycles. The Balaban J connectivity index is 1.73. The van der Waals surface area contributed by atoms with Crippen LogP contribution in [0.1, 0.15) is 17.5 Å². The van der Waals surface area contributed by atoms with Crippen LogP contribution in [0.3, 0.4) is 0 Å². The highest BCUT2D eigenvalue weighted by Gasteiger charge is 2.14. The maximum atomic E-state index is 12.3. The molecule has 0 saturated heterocycles. The number of nitrogens with zero attached hydrogens (tertiary/aromatic N) is 1. The average molecular weight is 352 g/mol. The van der Waals surface area contributed by atoms with E-state index in [1.54, 1.807) is 6.08 Å². The van der Waals surface area contributed by atoms with Crippen molar-refractivity contribution in [3.05, 3.63) is 70.9 Å². The molecule has 126 valence electrons. The van der Waals surface area contributed by atoms with E-state index in [2.05, 4.69) is 10.3 Å². The van der Waals surface area contributed by atoms with Crippen LogP contribution in [0.4, 0.5) is 0 Å². The summed E-state index contributed by atoms with van der Waals surface area (Å²) >= 11 is 1.47.